The molecule has 0 saturated heterocycles. The third-order valence-corrected chi connectivity index (χ3v) is 6.09. The second-order valence-electron chi connectivity index (χ2n) is 6.00. The first-order valence-electron chi connectivity index (χ1n) is 8.76. The smallest absolute Gasteiger partial charge is 0.341 e. The average Bonchev–Trinajstić information content (AvgIpc) is 3.37. The van der Waals surface area contributed by atoms with E-state index < -0.39 is 0 Å². The van der Waals surface area contributed by atoms with Gasteiger partial charge in [0.1, 0.15) is 16.3 Å². The second kappa shape index (κ2) is 7.96. The van der Waals surface area contributed by atoms with Crippen molar-refractivity contribution < 1.29 is 14.6 Å². The number of esters is 1. The summed E-state index contributed by atoms with van der Waals surface area (Å²) in [5, 5.41) is 16.7. The van der Waals surface area contributed by atoms with Crippen LogP contribution in [0, 0.1) is 0 Å². The van der Waals surface area contributed by atoms with Crippen LogP contribution in [-0.4, -0.2) is 23.9 Å². The van der Waals surface area contributed by atoms with Crippen molar-refractivity contribution >= 4 is 50.6 Å². The summed E-state index contributed by atoms with van der Waals surface area (Å²) in [7, 11) is 0. The molecule has 2 aromatic carbocycles. The van der Waals surface area contributed by atoms with E-state index in [2.05, 4.69) is 4.99 Å². The number of aliphatic imine (C=N–C) groups is 1. The number of rotatable bonds is 5. The Labute approximate surface area is 170 Å². The summed E-state index contributed by atoms with van der Waals surface area (Å²) in [5.41, 5.74) is 1.91. The lowest BCUT2D eigenvalue weighted by Gasteiger charge is -2.06. The number of ether oxygens (including phenoxy) is 1. The maximum Gasteiger partial charge on any atom is 0.341 e. The van der Waals surface area contributed by atoms with Crippen LogP contribution in [0.25, 0.3) is 21.2 Å². The second-order valence-corrected chi connectivity index (χ2v) is 7.81. The van der Waals surface area contributed by atoms with Crippen LogP contribution in [0.15, 0.2) is 64.3 Å². The van der Waals surface area contributed by atoms with Gasteiger partial charge in [0.2, 0.25) is 0 Å². The zero-order valence-corrected chi connectivity index (χ0v) is 16.7. The summed E-state index contributed by atoms with van der Waals surface area (Å²) in [5.74, 6) is -0.239. The van der Waals surface area contributed by atoms with Crippen molar-refractivity contribution in [2.75, 3.05) is 6.61 Å². The van der Waals surface area contributed by atoms with Crippen molar-refractivity contribution in [3.05, 3.63) is 70.4 Å². The Hall–Kier alpha value is -2.96. The van der Waals surface area contributed by atoms with Gasteiger partial charge in [-0.1, -0.05) is 36.4 Å². The number of hydrogen-bond donors (Lipinski definition) is 1. The van der Waals surface area contributed by atoms with Crippen LogP contribution in [0.1, 0.15) is 22.8 Å². The SMILES string of the molecule is CCOC(=O)c1c(-c2cccs2)csc1/N=C/c1c(O)ccc2ccccc12. The van der Waals surface area contributed by atoms with Crippen LogP contribution in [0.4, 0.5) is 5.00 Å². The van der Waals surface area contributed by atoms with Crippen molar-refractivity contribution in [1.82, 2.24) is 0 Å². The number of hydrogen-bond acceptors (Lipinski definition) is 6. The topological polar surface area (TPSA) is 58.9 Å². The number of phenolic OH excluding ortho intramolecular Hbond substituents is 1. The van der Waals surface area contributed by atoms with Gasteiger partial charge in [-0.15, -0.1) is 22.7 Å². The average molecular weight is 408 g/mol. The normalized spacial score (nSPS) is 11.3. The van der Waals surface area contributed by atoms with Gasteiger partial charge in [-0.3, -0.25) is 0 Å². The van der Waals surface area contributed by atoms with E-state index in [0.717, 1.165) is 21.2 Å². The molecule has 140 valence electrons. The summed E-state index contributed by atoms with van der Waals surface area (Å²) in [6.45, 7) is 2.08. The Morgan fingerprint density at radius 3 is 2.79 bits per heavy atom. The predicted molar refractivity (Wildman–Crippen MR) is 116 cm³/mol. The molecule has 2 heterocycles. The Bertz CT molecular complexity index is 1160. The molecule has 0 unspecified atom stereocenters. The molecule has 0 spiro atoms. The Morgan fingerprint density at radius 2 is 2.00 bits per heavy atom. The number of nitrogens with zero attached hydrogens (tertiary/aromatic N) is 1. The summed E-state index contributed by atoms with van der Waals surface area (Å²) in [6.07, 6.45) is 1.62. The number of carbonyl (C=O) groups is 1. The maximum absolute atomic E-state index is 12.6. The standard InChI is InChI=1S/C22H17NO3S2/c1-2-26-22(25)20-17(19-8-5-11-27-19)13-28-21(20)23-12-16-15-7-4-3-6-14(15)9-10-18(16)24/h3-13,24H,2H2,1H3/b23-12+. The molecule has 28 heavy (non-hydrogen) atoms. The molecule has 4 rings (SSSR count). The van der Waals surface area contributed by atoms with Gasteiger partial charge in [0.15, 0.2) is 0 Å². The first kappa shape index (κ1) is 18.4. The maximum atomic E-state index is 12.6. The van der Waals surface area contributed by atoms with E-state index in [4.69, 9.17) is 4.74 Å². The number of carbonyl (C=O) groups excluding carboxylic acids is 1. The van der Waals surface area contributed by atoms with Crippen LogP contribution in [0.5, 0.6) is 5.75 Å². The van der Waals surface area contributed by atoms with E-state index in [0.29, 0.717) is 22.7 Å². The molecule has 4 nitrogen and oxygen atoms in total. The quantitative estimate of drug-likeness (QED) is 0.314. The molecular weight excluding hydrogens is 390 g/mol. The summed E-state index contributed by atoms with van der Waals surface area (Å²) in [4.78, 5) is 18.2. The van der Waals surface area contributed by atoms with Crippen molar-refractivity contribution in [3.63, 3.8) is 0 Å². The Balaban J connectivity index is 1.81. The monoisotopic (exact) mass is 407 g/mol. The van der Waals surface area contributed by atoms with Crippen molar-refractivity contribution in [2.24, 2.45) is 4.99 Å². The Kier molecular flexibility index (Phi) is 5.23. The molecular formula is C22H17NO3S2. The fourth-order valence-corrected chi connectivity index (χ4v) is 4.72. The van der Waals surface area contributed by atoms with Gasteiger partial charge in [-0.25, -0.2) is 9.79 Å². The first-order valence-corrected chi connectivity index (χ1v) is 10.5. The first-order chi connectivity index (χ1) is 13.7. The van der Waals surface area contributed by atoms with E-state index in [1.807, 2.05) is 53.2 Å². The lowest BCUT2D eigenvalue weighted by Crippen LogP contribution is -2.04. The van der Waals surface area contributed by atoms with Crippen molar-refractivity contribution in [1.29, 1.82) is 0 Å². The van der Waals surface area contributed by atoms with Gasteiger partial charge in [0.25, 0.3) is 0 Å². The van der Waals surface area contributed by atoms with Crippen LogP contribution in [-0.2, 0) is 4.74 Å². The molecule has 0 fully saturated rings. The molecule has 0 radical (unpaired) electrons. The van der Waals surface area contributed by atoms with Crippen LogP contribution < -0.4 is 0 Å². The van der Waals surface area contributed by atoms with E-state index in [-0.39, 0.29) is 11.7 Å². The molecule has 0 bridgehead atoms. The van der Waals surface area contributed by atoms with E-state index in [1.54, 1.807) is 30.5 Å². The molecule has 0 aliphatic heterocycles. The van der Waals surface area contributed by atoms with Crippen molar-refractivity contribution in [2.45, 2.75) is 6.92 Å². The number of benzene rings is 2. The molecule has 1 N–H and O–H groups in total. The fourth-order valence-electron chi connectivity index (χ4n) is 3.00. The van der Waals surface area contributed by atoms with Gasteiger partial charge >= 0.3 is 5.97 Å². The van der Waals surface area contributed by atoms with Gasteiger partial charge in [0.05, 0.1) is 6.61 Å². The highest BCUT2D eigenvalue weighted by molar-refractivity contribution is 7.16. The largest absolute Gasteiger partial charge is 0.507 e. The van der Waals surface area contributed by atoms with Crippen molar-refractivity contribution in [3.8, 4) is 16.2 Å². The van der Waals surface area contributed by atoms with Crippen LogP contribution >= 0.6 is 22.7 Å². The van der Waals surface area contributed by atoms with Gasteiger partial charge in [-0.05, 0) is 35.2 Å². The number of phenols is 1. The van der Waals surface area contributed by atoms with Gasteiger partial charge in [0, 0.05) is 27.6 Å². The highest BCUT2D eigenvalue weighted by Gasteiger charge is 2.21. The lowest BCUT2D eigenvalue weighted by molar-refractivity contribution is 0.0529. The molecule has 0 aliphatic rings. The molecule has 2 aromatic heterocycles. The molecule has 4 aromatic rings. The summed E-state index contributed by atoms with van der Waals surface area (Å²) in [6, 6.07) is 15.2. The minimum Gasteiger partial charge on any atom is -0.507 e. The molecule has 0 amide bonds. The number of thiophene rings is 2. The molecule has 6 heteroatoms. The van der Waals surface area contributed by atoms with E-state index in [9.17, 15) is 9.90 Å². The fraction of sp³-hybridized carbons (Fsp3) is 0.0909. The summed E-state index contributed by atoms with van der Waals surface area (Å²) >= 11 is 2.95. The third-order valence-electron chi connectivity index (χ3n) is 4.30. The van der Waals surface area contributed by atoms with Crippen LogP contribution in [0.2, 0.25) is 0 Å². The molecule has 0 atom stereocenters. The minimum atomic E-state index is -0.388. The zero-order valence-electron chi connectivity index (χ0n) is 15.1. The molecule has 0 aliphatic carbocycles. The van der Waals surface area contributed by atoms with E-state index in [1.165, 1.54) is 11.3 Å². The van der Waals surface area contributed by atoms with Gasteiger partial charge < -0.3 is 9.84 Å². The molecule has 0 saturated carbocycles. The minimum absolute atomic E-state index is 0.148. The van der Waals surface area contributed by atoms with Gasteiger partial charge in [-0.2, -0.15) is 0 Å². The lowest BCUT2D eigenvalue weighted by atomic mass is 10.0. The van der Waals surface area contributed by atoms with Crippen LogP contribution in [0.3, 0.4) is 0 Å². The highest BCUT2D eigenvalue weighted by Crippen LogP contribution is 2.40. The highest BCUT2D eigenvalue weighted by atomic mass is 32.1. The Morgan fingerprint density at radius 1 is 1.14 bits per heavy atom. The predicted octanol–water partition coefficient (Wildman–Crippen LogP) is 6.26. The third kappa shape index (κ3) is 3.44. The number of aromatic hydroxyl groups is 1. The zero-order chi connectivity index (χ0) is 19.5. The summed E-state index contributed by atoms with van der Waals surface area (Å²) < 4.78 is 5.26. The van der Waals surface area contributed by atoms with E-state index >= 15 is 0 Å². The number of fused-ring (bicyclic) bond motifs is 1.